The number of nitrogens with zero attached hydrogens (tertiary/aromatic N) is 1. The molecule has 1 unspecified atom stereocenters. The highest BCUT2D eigenvalue weighted by Crippen LogP contribution is 2.03. The molecule has 0 radical (unpaired) electrons. The first-order chi connectivity index (χ1) is 6.95. The maximum Gasteiger partial charge on any atom is 0.0794 e. The molecule has 1 saturated heterocycles. The van der Waals surface area contributed by atoms with E-state index >= 15 is 0 Å². The lowest BCUT2D eigenvalue weighted by Crippen LogP contribution is -2.34. The van der Waals surface area contributed by atoms with Crippen LogP contribution in [0.3, 0.4) is 0 Å². The van der Waals surface area contributed by atoms with E-state index in [0.717, 1.165) is 19.5 Å². The van der Waals surface area contributed by atoms with Crippen LogP contribution in [0.4, 0.5) is 0 Å². The van der Waals surface area contributed by atoms with Crippen LogP contribution in [-0.2, 0) is 6.42 Å². The molecule has 1 aromatic rings. The molecule has 1 aliphatic heterocycles. The predicted molar refractivity (Wildman–Crippen MR) is 59.7 cm³/mol. The van der Waals surface area contributed by atoms with Crippen molar-refractivity contribution in [2.24, 2.45) is 0 Å². The molecular weight excluding hydrogens is 194 g/mol. The molecule has 2 N–H and O–H groups in total. The Kier molecular flexibility index (Phi) is 3.91. The van der Waals surface area contributed by atoms with Gasteiger partial charge in [0.25, 0.3) is 0 Å². The lowest BCUT2D eigenvalue weighted by atomic mass is 10.2. The normalized spacial score (nSPS) is 21.6. The average Bonchev–Trinajstić information content (AvgIpc) is 2.86. The summed E-state index contributed by atoms with van der Waals surface area (Å²) in [6.07, 6.45) is 3.71. The lowest BCUT2D eigenvalue weighted by Gasteiger charge is -2.10. The summed E-state index contributed by atoms with van der Waals surface area (Å²) in [7, 11) is 0. The molecule has 78 valence electrons. The smallest absolute Gasteiger partial charge is 0.0794 e. The molecule has 3 nitrogen and oxygen atoms in total. The van der Waals surface area contributed by atoms with Crippen molar-refractivity contribution in [3.8, 4) is 0 Å². The van der Waals surface area contributed by atoms with Crippen LogP contribution in [0.25, 0.3) is 0 Å². The first kappa shape index (κ1) is 10.1. The average molecular weight is 211 g/mol. The second-order valence-corrected chi connectivity index (χ2v) is 4.45. The minimum absolute atomic E-state index is 0.699. The monoisotopic (exact) mass is 211 g/mol. The molecule has 2 heterocycles. The van der Waals surface area contributed by atoms with E-state index in [9.17, 15) is 0 Å². The standard InChI is InChI=1S/C10H17N3S/c1-2-9(12-4-1)6-11-5-3-10-7-14-8-13-10/h7-9,11-12H,1-6H2. The third-order valence-electron chi connectivity index (χ3n) is 2.59. The number of rotatable bonds is 5. The quantitative estimate of drug-likeness (QED) is 0.714. The van der Waals surface area contributed by atoms with Gasteiger partial charge in [0, 0.05) is 30.9 Å². The zero-order chi connectivity index (χ0) is 9.64. The number of nitrogens with one attached hydrogen (secondary N) is 2. The summed E-state index contributed by atoms with van der Waals surface area (Å²) in [4.78, 5) is 4.25. The molecule has 0 spiro atoms. The van der Waals surface area contributed by atoms with Gasteiger partial charge in [-0.05, 0) is 19.4 Å². The van der Waals surface area contributed by atoms with E-state index in [2.05, 4.69) is 21.0 Å². The fourth-order valence-electron chi connectivity index (χ4n) is 1.78. The van der Waals surface area contributed by atoms with Crippen molar-refractivity contribution in [2.75, 3.05) is 19.6 Å². The Morgan fingerprint density at radius 2 is 2.64 bits per heavy atom. The minimum atomic E-state index is 0.699. The summed E-state index contributed by atoms with van der Waals surface area (Å²) in [6.45, 7) is 3.34. The molecule has 1 aromatic heterocycles. The zero-order valence-electron chi connectivity index (χ0n) is 8.33. The highest BCUT2D eigenvalue weighted by atomic mass is 32.1. The maximum absolute atomic E-state index is 4.25. The Morgan fingerprint density at radius 3 is 3.36 bits per heavy atom. The van der Waals surface area contributed by atoms with Crippen LogP contribution in [0, 0.1) is 0 Å². The van der Waals surface area contributed by atoms with Gasteiger partial charge in [-0.1, -0.05) is 0 Å². The van der Waals surface area contributed by atoms with Crippen LogP contribution in [0.5, 0.6) is 0 Å². The van der Waals surface area contributed by atoms with E-state index < -0.39 is 0 Å². The molecule has 14 heavy (non-hydrogen) atoms. The van der Waals surface area contributed by atoms with E-state index in [0.29, 0.717) is 6.04 Å². The molecule has 1 atom stereocenters. The minimum Gasteiger partial charge on any atom is -0.315 e. The van der Waals surface area contributed by atoms with E-state index in [1.165, 1.54) is 25.1 Å². The highest BCUT2D eigenvalue weighted by molar-refractivity contribution is 7.07. The number of hydrogen-bond acceptors (Lipinski definition) is 4. The van der Waals surface area contributed by atoms with Crippen molar-refractivity contribution >= 4 is 11.3 Å². The molecule has 4 heteroatoms. The third-order valence-corrected chi connectivity index (χ3v) is 3.23. The van der Waals surface area contributed by atoms with Gasteiger partial charge in [0.2, 0.25) is 0 Å². The van der Waals surface area contributed by atoms with Gasteiger partial charge in [-0.25, -0.2) is 4.98 Å². The number of thiazole rings is 1. The molecule has 1 fully saturated rings. The van der Waals surface area contributed by atoms with E-state index in [1.54, 1.807) is 11.3 Å². The first-order valence-corrected chi connectivity index (χ1v) is 6.20. The Balaban J connectivity index is 1.55. The van der Waals surface area contributed by atoms with Crippen LogP contribution in [0.1, 0.15) is 18.5 Å². The summed E-state index contributed by atoms with van der Waals surface area (Å²) in [5.74, 6) is 0. The van der Waals surface area contributed by atoms with Crippen LogP contribution in [0.2, 0.25) is 0 Å². The fraction of sp³-hybridized carbons (Fsp3) is 0.700. The Hall–Kier alpha value is -0.450. The van der Waals surface area contributed by atoms with Gasteiger partial charge in [0.15, 0.2) is 0 Å². The Labute approximate surface area is 88.9 Å². The molecule has 0 amide bonds. The van der Waals surface area contributed by atoms with Crippen LogP contribution < -0.4 is 10.6 Å². The number of hydrogen-bond donors (Lipinski definition) is 2. The van der Waals surface area contributed by atoms with Gasteiger partial charge >= 0.3 is 0 Å². The van der Waals surface area contributed by atoms with Gasteiger partial charge in [-0.15, -0.1) is 11.3 Å². The second kappa shape index (κ2) is 5.44. The Bertz CT molecular complexity index is 242. The van der Waals surface area contributed by atoms with Crippen LogP contribution in [0.15, 0.2) is 10.9 Å². The number of aromatic nitrogens is 1. The molecule has 1 aliphatic rings. The van der Waals surface area contributed by atoms with Crippen LogP contribution in [-0.4, -0.2) is 30.7 Å². The van der Waals surface area contributed by atoms with Gasteiger partial charge < -0.3 is 10.6 Å². The van der Waals surface area contributed by atoms with Gasteiger partial charge in [0.1, 0.15) is 0 Å². The second-order valence-electron chi connectivity index (χ2n) is 3.73. The van der Waals surface area contributed by atoms with Gasteiger partial charge in [-0.2, -0.15) is 0 Å². The molecule has 0 aliphatic carbocycles. The van der Waals surface area contributed by atoms with Crippen molar-refractivity contribution in [1.82, 2.24) is 15.6 Å². The van der Waals surface area contributed by atoms with Gasteiger partial charge in [0.05, 0.1) is 11.2 Å². The molecule has 0 aromatic carbocycles. The maximum atomic E-state index is 4.25. The SMILES string of the molecule is c1nc(CCNCC2CCCN2)cs1. The summed E-state index contributed by atoms with van der Waals surface area (Å²) in [5.41, 5.74) is 3.11. The zero-order valence-corrected chi connectivity index (χ0v) is 9.15. The molecule has 2 rings (SSSR count). The topological polar surface area (TPSA) is 37.0 Å². The fourth-order valence-corrected chi connectivity index (χ4v) is 2.38. The van der Waals surface area contributed by atoms with E-state index in [4.69, 9.17) is 0 Å². The first-order valence-electron chi connectivity index (χ1n) is 5.26. The van der Waals surface area contributed by atoms with Crippen molar-refractivity contribution in [2.45, 2.75) is 25.3 Å². The van der Waals surface area contributed by atoms with Crippen molar-refractivity contribution in [3.05, 3.63) is 16.6 Å². The predicted octanol–water partition coefficient (Wildman–Crippen LogP) is 1.03. The van der Waals surface area contributed by atoms with E-state index in [-0.39, 0.29) is 0 Å². The van der Waals surface area contributed by atoms with Crippen molar-refractivity contribution < 1.29 is 0 Å². The summed E-state index contributed by atoms with van der Waals surface area (Å²) < 4.78 is 0. The largest absolute Gasteiger partial charge is 0.315 e. The molecular formula is C10H17N3S. The molecule has 0 saturated carbocycles. The van der Waals surface area contributed by atoms with Crippen molar-refractivity contribution in [3.63, 3.8) is 0 Å². The van der Waals surface area contributed by atoms with Gasteiger partial charge in [-0.3, -0.25) is 0 Å². The third kappa shape index (κ3) is 3.04. The Morgan fingerprint density at radius 1 is 1.64 bits per heavy atom. The van der Waals surface area contributed by atoms with Crippen molar-refractivity contribution in [1.29, 1.82) is 0 Å². The van der Waals surface area contributed by atoms with E-state index in [1.807, 2.05) is 5.51 Å². The van der Waals surface area contributed by atoms with Crippen LogP contribution >= 0.6 is 11.3 Å². The summed E-state index contributed by atoms with van der Waals surface area (Å²) in [6, 6.07) is 0.699. The summed E-state index contributed by atoms with van der Waals surface area (Å²) >= 11 is 1.67. The molecule has 0 bridgehead atoms. The summed E-state index contributed by atoms with van der Waals surface area (Å²) in [5, 5.41) is 9.06. The highest BCUT2D eigenvalue weighted by Gasteiger charge is 2.12. The lowest BCUT2D eigenvalue weighted by molar-refractivity contribution is 0.536.